The van der Waals surface area contributed by atoms with E-state index in [4.69, 9.17) is 11.6 Å². The first-order chi connectivity index (χ1) is 17.9. The van der Waals surface area contributed by atoms with Crippen molar-refractivity contribution >= 4 is 35.0 Å². The van der Waals surface area contributed by atoms with Gasteiger partial charge in [0.25, 0.3) is 5.91 Å². The number of urea groups is 1. The van der Waals surface area contributed by atoms with Crippen LogP contribution in [0.25, 0.3) is 0 Å². The van der Waals surface area contributed by atoms with Crippen molar-refractivity contribution < 1.29 is 18.9 Å². The maximum atomic E-state index is 14.4. The van der Waals surface area contributed by atoms with Gasteiger partial charge in [-0.05, 0) is 35.7 Å². The maximum absolute atomic E-state index is 14.4. The van der Waals surface area contributed by atoms with Crippen LogP contribution in [0.2, 0.25) is 5.02 Å². The standard InChI is InChI=1S/C29H24ClN4O3/c1-18-22(13-12-21(14-31)26(18)30)33-28(36)24-16-32-15-23(34(24,17-32)29(33)37)27(35)25(19-8-4-2-5-9-19)20-10-6-3-7-11-20/h2-13,23-25H,15-17H2,1H3/q+1. The van der Waals surface area contributed by atoms with Crippen LogP contribution >= 0.6 is 11.6 Å². The van der Waals surface area contributed by atoms with Crippen molar-refractivity contribution in [2.45, 2.75) is 24.9 Å². The number of rotatable bonds is 5. The second kappa shape index (κ2) is 8.63. The molecule has 3 fully saturated rings. The Hall–Kier alpha value is -3.83. The number of anilines is 1. The molecule has 3 amide bonds. The zero-order valence-corrected chi connectivity index (χ0v) is 20.9. The molecular formula is C29H24ClN4O3+. The van der Waals surface area contributed by atoms with E-state index in [2.05, 4.69) is 0 Å². The first-order valence-electron chi connectivity index (χ1n) is 12.2. The Morgan fingerprint density at radius 2 is 1.62 bits per heavy atom. The summed E-state index contributed by atoms with van der Waals surface area (Å²) in [5.74, 6) is -0.948. The number of ketones is 1. The van der Waals surface area contributed by atoms with Crippen LogP contribution in [0.5, 0.6) is 0 Å². The molecule has 3 aliphatic rings. The highest BCUT2D eigenvalue weighted by Crippen LogP contribution is 2.46. The number of imide groups is 1. The number of hydrogen-bond acceptors (Lipinski definition) is 5. The molecule has 1 spiro atoms. The average molecular weight is 512 g/mol. The number of quaternary nitrogens is 1. The lowest BCUT2D eigenvalue weighted by atomic mass is 9.83. The number of piperazine rings is 1. The first-order valence-corrected chi connectivity index (χ1v) is 12.6. The minimum absolute atomic E-state index is 0.0674. The second-order valence-electron chi connectivity index (χ2n) is 9.94. The third-order valence-electron chi connectivity index (χ3n) is 8.06. The Morgan fingerprint density at radius 3 is 2.22 bits per heavy atom. The van der Waals surface area contributed by atoms with E-state index in [-0.39, 0.29) is 26.8 Å². The van der Waals surface area contributed by atoms with Crippen LogP contribution in [0, 0.1) is 18.3 Å². The molecule has 0 N–H and O–H groups in total. The maximum Gasteiger partial charge on any atom is 0.433 e. The molecule has 3 aliphatic heterocycles. The minimum atomic E-state index is -0.681. The van der Waals surface area contributed by atoms with Crippen molar-refractivity contribution in [2.75, 3.05) is 24.7 Å². The van der Waals surface area contributed by atoms with Crippen LogP contribution in [0.4, 0.5) is 10.5 Å². The van der Waals surface area contributed by atoms with Gasteiger partial charge in [0.15, 0.2) is 12.1 Å². The van der Waals surface area contributed by atoms with Crippen molar-refractivity contribution in [3.8, 4) is 6.07 Å². The zero-order valence-electron chi connectivity index (χ0n) is 20.2. The van der Waals surface area contributed by atoms with Crippen LogP contribution in [0.1, 0.15) is 28.2 Å². The van der Waals surface area contributed by atoms with Gasteiger partial charge >= 0.3 is 6.03 Å². The lowest BCUT2D eigenvalue weighted by Crippen LogP contribution is -2.63. The summed E-state index contributed by atoms with van der Waals surface area (Å²) in [6.07, 6.45) is 0. The molecule has 2 bridgehead atoms. The average Bonchev–Trinajstić information content (AvgIpc) is 3.55. The summed E-state index contributed by atoms with van der Waals surface area (Å²) in [4.78, 5) is 45.5. The molecule has 0 saturated carbocycles. The number of nitriles is 1. The molecular weight excluding hydrogens is 488 g/mol. The number of fused-ring (bicyclic) bond motifs is 1. The molecule has 184 valence electrons. The number of carbonyl (C=O) groups excluding carboxylic acids is 3. The van der Waals surface area contributed by atoms with Gasteiger partial charge in [-0.1, -0.05) is 72.3 Å². The van der Waals surface area contributed by atoms with Crippen LogP contribution in [-0.4, -0.2) is 58.9 Å². The lowest BCUT2D eigenvalue weighted by molar-refractivity contribution is -0.853. The van der Waals surface area contributed by atoms with E-state index in [0.29, 0.717) is 31.0 Å². The summed E-state index contributed by atoms with van der Waals surface area (Å²) in [5, 5.41) is 9.55. The van der Waals surface area contributed by atoms with E-state index >= 15 is 0 Å². The summed E-state index contributed by atoms with van der Waals surface area (Å²) < 4.78 is -0.217. The number of amides is 3. The summed E-state index contributed by atoms with van der Waals surface area (Å²) in [7, 11) is 0. The van der Waals surface area contributed by atoms with E-state index in [1.54, 1.807) is 13.0 Å². The monoisotopic (exact) mass is 511 g/mol. The molecule has 3 aromatic rings. The lowest BCUT2D eigenvalue weighted by Gasteiger charge is -2.34. The number of carbonyl (C=O) groups is 3. The number of halogens is 1. The Balaban J connectivity index is 1.43. The molecule has 8 heteroatoms. The van der Waals surface area contributed by atoms with Crippen LogP contribution in [0.15, 0.2) is 72.8 Å². The largest absolute Gasteiger partial charge is 0.433 e. The number of nitrogens with zero attached hydrogens (tertiary/aromatic N) is 4. The van der Waals surface area contributed by atoms with E-state index in [1.165, 1.54) is 11.0 Å². The van der Waals surface area contributed by atoms with Gasteiger partial charge in [0, 0.05) is 0 Å². The molecule has 0 aliphatic carbocycles. The fourth-order valence-corrected chi connectivity index (χ4v) is 6.50. The van der Waals surface area contributed by atoms with E-state index in [1.807, 2.05) is 71.6 Å². The Morgan fingerprint density at radius 1 is 1.00 bits per heavy atom. The molecule has 6 rings (SSSR count). The van der Waals surface area contributed by atoms with Gasteiger partial charge < -0.3 is 0 Å². The zero-order chi connectivity index (χ0) is 25.9. The Bertz CT molecular complexity index is 1450. The second-order valence-corrected chi connectivity index (χ2v) is 10.3. The minimum Gasteiger partial charge on any atom is -0.292 e. The van der Waals surface area contributed by atoms with Crippen LogP contribution in [0.3, 0.4) is 0 Å². The molecule has 3 saturated heterocycles. The van der Waals surface area contributed by atoms with Gasteiger partial charge in [-0.15, -0.1) is 0 Å². The highest BCUT2D eigenvalue weighted by molar-refractivity contribution is 6.33. The van der Waals surface area contributed by atoms with E-state index in [0.717, 1.165) is 11.1 Å². The van der Waals surface area contributed by atoms with Crippen LogP contribution < -0.4 is 4.90 Å². The van der Waals surface area contributed by atoms with Gasteiger partial charge in [0.2, 0.25) is 5.78 Å². The quantitative estimate of drug-likeness (QED) is 0.378. The van der Waals surface area contributed by atoms with Gasteiger partial charge in [-0.2, -0.15) is 10.2 Å². The van der Waals surface area contributed by atoms with E-state index < -0.39 is 24.0 Å². The molecule has 0 radical (unpaired) electrons. The Kier molecular flexibility index (Phi) is 5.50. The molecule has 4 unspecified atom stereocenters. The third-order valence-corrected chi connectivity index (χ3v) is 8.55. The number of hydrogen-bond donors (Lipinski definition) is 0. The third kappa shape index (κ3) is 3.30. The fourth-order valence-electron chi connectivity index (χ4n) is 6.29. The molecule has 7 nitrogen and oxygen atoms in total. The summed E-state index contributed by atoms with van der Waals surface area (Å²) >= 11 is 6.39. The molecule has 37 heavy (non-hydrogen) atoms. The first kappa shape index (κ1) is 23.6. The SMILES string of the molecule is Cc1c(N2C(=O)C3CN4CC(C(=O)C(c5ccccc5)c5ccccc5)[N+]3(C4)C2=O)ccc(C#N)c1Cl. The normalized spacial score (nSPS) is 26.0. The summed E-state index contributed by atoms with van der Waals surface area (Å²) in [5.41, 5.74) is 2.86. The highest BCUT2D eigenvalue weighted by atomic mass is 35.5. The van der Waals surface area contributed by atoms with Gasteiger partial charge in [-0.3, -0.25) is 9.59 Å². The van der Waals surface area contributed by atoms with Gasteiger partial charge in [-0.25, -0.2) is 14.2 Å². The highest BCUT2D eigenvalue weighted by Gasteiger charge is 2.73. The molecule has 3 aromatic carbocycles. The molecule has 4 atom stereocenters. The number of Topliss-reactive ketones (excluding diaryl/α,β-unsaturated/α-hetero) is 1. The predicted molar refractivity (Wildman–Crippen MR) is 138 cm³/mol. The smallest absolute Gasteiger partial charge is 0.292 e. The summed E-state index contributed by atoms with van der Waals surface area (Å²) in [6.45, 7) is 2.87. The van der Waals surface area contributed by atoms with Crippen molar-refractivity contribution in [3.63, 3.8) is 0 Å². The topological polar surface area (TPSA) is 81.5 Å². The fraction of sp³-hybridized carbons (Fsp3) is 0.241. The summed E-state index contributed by atoms with van der Waals surface area (Å²) in [6, 6.07) is 22.6. The van der Waals surface area contributed by atoms with Crippen molar-refractivity contribution in [2.24, 2.45) is 0 Å². The van der Waals surface area contributed by atoms with Crippen molar-refractivity contribution in [1.82, 2.24) is 4.90 Å². The molecule has 0 aromatic heterocycles. The number of benzene rings is 3. The van der Waals surface area contributed by atoms with E-state index in [9.17, 15) is 19.6 Å². The van der Waals surface area contributed by atoms with Crippen molar-refractivity contribution in [3.05, 3.63) is 100 Å². The molecule has 3 heterocycles. The van der Waals surface area contributed by atoms with Crippen molar-refractivity contribution in [1.29, 1.82) is 5.26 Å². The van der Waals surface area contributed by atoms with Gasteiger partial charge in [0.1, 0.15) is 12.7 Å². The predicted octanol–water partition coefficient (Wildman–Crippen LogP) is 4.23. The Labute approximate surface area is 219 Å². The van der Waals surface area contributed by atoms with Crippen LogP contribution in [-0.2, 0) is 9.59 Å². The van der Waals surface area contributed by atoms with Gasteiger partial charge in [0.05, 0.1) is 35.3 Å².